The standard InChI is InChI=1S/C17H34N2O4.Na/c1-2-3-4-5-6-7-8-9-10-11-16(21)18-19(14-15-20)13-12-17(22)23;/h20H,2-15H2,1H3,(H,18,21)(H,22,23);. The number of aliphatic carboxylic acids is 1. The Hall–Kier alpha value is -0.140. The molecule has 0 fully saturated rings. The zero-order valence-corrected chi connectivity index (χ0v) is 17.6. The number of carbonyl (C=O) groups excluding carboxylic acids is 1. The van der Waals surface area contributed by atoms with Gasteiger partial charge in [-0.2, -0.15) is 0 Å². The number of unbranched alkanes of at least 4 members (excludes halogenated alkanes) is 8. The summed E-state index contributed by atoms with van der Waals surface area (Å²) >= 11 is 0. The van der Waals surface area contributed by atoms with Crippen molar-refractivity contribution < 1.29 is 19.8 Å². The number of nitrogens with zero attached hydrogens (tertiary/aromatic N) is 1. The zero-order valence-electron chi connectivity index (χ0n) is 15.6. The topological polar surface area (TPSA) is 89.9 Å². The van der Waals surface area contributed by atoms with Crippen molar-refractivity contribution in [2.45, 2.75) is 77.6 Å². The molecule has 0 rings (SSSR count). The third kappa shape index (κ3) is 18.2. The van der Waals surface area contributed by atoms with Gasteiger partial charge in [0.25, 0.3) is 0 Å². The summed E-state index contributed by atoms with van der Waals surface area (Å²) < 4.78 is 0. The fourth-order valence-electron chi connectivity index (χ4n) is 2.40. The average molecular weight is 353 g/mol. The second-order valence-electron chi connectivity index (χ2n) is 5.97. The maximum atomic E-state index is 11.8. The first-order valence-corrected chi connectivity index (χ1v) is 8.97. The molecule has 0 aromatic heterocycles. The Morgan fingerprint density at radius 1 is 0.875 bits per heavy atom. The number of amides is 1. The average Bonchev–Trinajstić information content (AvgIpc) is 2.51. The molecule has 3 N–H and O–H groups in total. The molecule has 0 aromatic carbocycles. The van der Waals surface area contributed by atoms with Gasteiger partial charge in [0.15, 0.2) is 0 Å². The van der Waals surface area contributed by atoms with Crippen LogP contribution in [0, 0.1) is 0 Å². The van der Waals surface area contributed by atoms with Crippen molar-refractivity contribution in [1.82, 2.24) is 10.4 Å². The number of hydrogen-bond donors (Lipinski definition) is 3. The van der Waals surface area contributed by atoms with Gasteiger partial charge in [0.05, 0.1) is 13.0 Å². The van der Waals surface area contributed by atoms with Crippen LogP contribution in [0.3, 0.4) is 0 Å². The maximum Gasteiger partial charge on any atom is 0.304 e. The van der Waals surface area contributed by atoms with Gasteiger partial charge in [-0.3, -0.25) is 15.0 Å². The van der Waals surface area contributed by atoms with Crippen molar-refractivity contribution in [1.29, 1.82) is 0 Å². The van der Waals surface area contributed by atoms with E-state index in [4.69, 9.17) is 10.2 Å². The van der Waals surface area contributed by atoms with Crippen molar-refractivity contribution in [3.63, 3.8) is 0 Å². The number of rotatable bonds is 16. The Morgan fingerprint density at radius 2 is 1.42 bits per heavy atom. The second kappa shape index (κ2) is 19.2. The molecule has 1 radical (unpaired) electrons. The third-order valence-corrected chi connectivity index (χ3v) is 3.76. The maximum absolute atomic E-state index is 11.8. The Labute approximate surface area is 168 Å². The van der Waals surface area contributed by atoms with E-state index in [1.807, 2.05) is 0 Å². The summed E-state index contributed by atoms with van der Waals surface area (Å²) in [6.45, 7) is 2.56. The van der Waals surface area contributed by atoms with Crippen LogP contribution in [0.15, 0.2) is 0 Å². The van der Waals surface area contributed by atoms with E-state index in [1.165, 1.54) is 50.0 Å². The molecule has 0 saturated heterocycles. The fourth-order valence-corrected chi connectivity index (χ4v) is 2.40. The first-order chi connectivity index (χ1) is 11.1. The molecule has 0 unspecified atom stereocenters. The van der Waals surface area contributed by atoms with Gasteiger partial charge in [-0.05, 0) is 6.42 Å². The fraction of sp³-hybridized carbons (Fsp3) is 0.882. The second-order valence-corrected chi connectivity index (χ2v) is 5.97. The van der Waals surface area contributed by atoms with Gasteiger partial charge in [-0.25, -0.2) is 5.01 Å². The molecule has 0 heterocycles. The summed E-state index contributed by atoms with van der Waals surface area (Å²) in [6, 6.07) is 0. The Morgan fingerprint density at radius 3 is 1.92 bits per heavy atom. The molecule has 6 nitrogen and oxygen atoms in total. The number of hydrogen-bond acceptors (Lipinski definition) is 4. The minimum Gasteiger partial charge on any atom is -0.481 e. The minimum atomic E-state index is -0.916. The van der Waals surface area contributed by atoms with Gasteiger partial charge in [0, 0.05) is 49.1 Å². The first-order valence-electron chi connectivity index (χ1n) is 8.97. The van der Waals surface area contributed by atoms with Crippen LogP contribution in [0.5, 0.6) is 0 Å². The molecule has 0 aliphatic rings. The molecule has 1 amide bonds. The van der Waals surface area contributed by atoms with E-state index in [0.717, 1.165) is 12.8 Å². The molecule has 0 saturated carbocycles. The van der Waals surface area contributed by atoms with E-state index >= 15 is 0 Å². The van der Waals surface area contributed by atoms with Crippen LogP contribution in [0.2, 0.25) is 0 Å². The van der Waals surface area contributed by atoms with Gasteiger partial charge in [-0.15, -0.1) is 0 Å². The summed E-state index contributed by atoms with van der Waals surface area (Å²) in [5.74, 6) is -1.02. The first kappa shape index (κ1) is 26.1. The largest absolute Gasteiger partial charge is 0.481 e. The Kier molecular flexibility index (Phi) is 20.9. The summed E-state index contributed by atoms with van der Waals surface area (Å²) in [4.78, 5) is 22.3. The number of aliphatic hydroxyl groups is 1. The zero-order chi connectivity index (χ0) is 17.3. The summed E-state index contributed by atoms with van der Waals surface area (Å²) in [7, 11) is 0. The predicted octanol–water partition coefficient (Wildman–Crippen LogP) is 2.33. The minimum absolute atomic E-state index is 0. The third-order valence-electron chi connectivity index (χ3n) is 3.76. The van der Waals surface area contributed by atoms with Crippen molar-refractivity contribution in [3.05, 3.63) is 0 Å². The Balaban J connectivity index is 0. The molecule has 24 heavy (non-hydrogen) atoms. The molecule has 7 heteroatoms. The van der Waals surface area contributed by atoms with Crippen LogP contribution in [-0.2, 0) is 9.59 Å². The van der Waals surface area contributed by atoms with E-state index in [0.29, 0.717) is 6.42 Å². The van der Waals surface area contributed by atoms with Crippen LogP contribution in [0.4, 0.5) is 0 Å². The molecule has 0 aliphatic carbocycles. The molecule has 0 bridgehead atoms. The number of carboxylic acid groups (broad SMARTS) is 1. The van der Waals surface area contributed by atoms with Crippen LogP contribution < -0.4 is 5.43 Å². The smallest absolute Gasteiger partial charge is 0.304 e. The van der Waals surface area contributed by atoms with Gasteiger partial charge < -0.3 is 10.2 Å². The van der Waals surface area contributed by atoms with Crippen molar-refractivity contribution in [2.24, 2.45) is 0 Å². The normalized spacial score (nSPS) is 10.5. The van der Waals surface area contributed by atoms with E-state index in [2.05, 4.69) is 12.3 Å². The summed E-state index contributed by atoms with van der Waals surface area (Å²) in [5.41, 5.74) is 2.67. The van der Waals surface area contributed by atoms with E-state index in [1.54, 1.807) is 0 Å². The van der Waals surface area contributed by atoms with Crippen LogP contribution >= 0.6 is 0 Å². The molecule has 137 valence electrons. The molecule has 0 aromatic rings. The van der Waals surface area contributed by atoms with Crippen LogP contribution in [0.25, 0.3) is 0 Å². The number of aliphatic hydroxyl groups excluding tert-OH is 1. The quantitative estimate of drug-likeness (QED) is 0.225. The van der Waals surface area contributed by atoms with Gasteiger partial charge in [0.2, 0.25) is 5.91 Å². The molecule has 0 atom stereocenters. The van der Waals surface area contributed by atoms with E-state index in [-0.39, 0.29) is 61.6 Å². The van der Waals surface area contributed by atoms with E-state index in [9.17, 15) is 9.59 Å². The summed E-state index contributed by atoms with van der Waals surface area (Å²) in [6.07, 6.45) is 11.2. The van der Waals surface area contributed by atoms with E-state index < -0.39 is 5.97 Å². The molecule has 0 aliphatic heterocycles. The van der Waals surface area contributed by atoms with Crippen molar-refractivity contribution in [3.8, 4) is 0 Å². The number of hydrazine groups is 1. The molecule has 0 spiro atoms. The molecular weight excluding hydrogens is 319 g/mol. The summed E-state index contributed by atoms with van der Waals surface area (Å²) in [5, 5.41) is 19.1. The van der Waals surface area contributed by atoms with Crippen molar-refractivity contribution >= 4 is 41.4 Å². The van der Waals surface area contributed by atoms with Gasteiger partial charge in [0.1, 0.15) is 0 Å². The number of nitrogens with one attached hydrogen (secondary N) is 1. The number of carbonyl (C=O) groups is 2. The monoisotopic (exact) mass is 353 g/mol. The SMILES string of the molecule is CCCCCCCCCCCC(=O)NN(CCO)CCC(=O)O.[Na]. The molecular formula is C17H34N2NaO4. The van der Waals surface area contributed by atoms with Gasteiger partial charge >= 0.3 is 5.97 Å². The number of carboxylic acids is 1. The predicted molar refractivity (Wildman–Crippen MR) is 96.7 cm³/mol. The van der Waals surface area contributed by atoms with Crippen molar-refractivity contribution in [2.75, 3.05) is 19.7 Å². The van der Waals surface area contributed by atoms with Gasteiger partial charge in [-0.1, -0.05) is 58.3 Å². The van der Waals surface area contributed by atoms with Crippen LogP contribution in [0.1, 0.15) is 77.6 Å². The Bertz CT molecular complexity index is 317. The van der Waals surface area contributed by atoms with Crippen LogP contribution in [-0.4, -0.2) is 76.4 Å².